The molecule has 0 aliphatic heterocycles. The van der Waals surface area contributed by atoms with E-state index in [2.05, 4.69) is 6.92 Å². The minimum atomic E-state index is -0.424. The van der Waals surface area contributed by atoms with Crippen LogP contribution in [0.15, 0.2) is 18.2 Å². The Morgan fingerprint density at radius 3 is 2.76 bits per heavy atom. The maximum Gasteiger partial charge on any atom is 0.0863 e. The molecule has 1 N–H and O–H groups in total. The lowest BCUT2D eigenvalue weighted by atomic mass is 10.2. The Morgan fingerprint density at radius 1 is 1.24 bits per heavy atom. The second kappa shape index (κ2) is 11.6. The lowest BCUT2D eigenvalue weighted by Crippen LogP contribution is -2.18. The molecular weight excluding hydrogens is 327 g/mol. The zero-order valence-corrected chi connectivity index (χ0v) is 14.8. The number of hydrogen-bond donors (Lipinski definition) is 1. The predicted molar refractivity (Wildman–Crippen MR) is 93.6 cm³/mol. The van der Waals surface area contributed by atoms with Crippen LogP contribution in [0.4, 0.5) is 0 Å². The molecule has 120 valence electrons. The van der Waals surface area contributed by atoms with Gasteiger partial charge in [0.15, 0.2) is 0 Å². The van der Waals surface area contributed by atoms with Crippen molar-refractivity contribution < 1.29 is 9.84 Å². The third-order valence-electron chi connectivity index (χ3n) is 3.04. The molecule has 21 heavy (non-hydrogen) atoms. The van der Waals surface area contributed by atoms with E-state index in [0.717, 1.165) is 24.3 Å². The highest BCUT2D eigenvalue weighted by Crippen LogP contribution is 2.24. The molecular formula is C16H24Cl2O2S. The van der Waals surface area contributed by atoms with Gasteiger partial charge in [0.05, 0.1) is 12.7 Å². The van der Waals surface area contributed by atoms with E-state index in [1.165, 1.54) is 19.3 Å². The first-order chi connectivity index (χ1) is 10.1. The average Bonchev–Trinajstić information content (AvgIpc) is 2.45. The third kappa shape index (κ3) is 8.94. The number of halogens is 2. The summed E-state index contributed by atoms with van der Waals surface area (Å²) < 4.78 is 5.48. The van der Waals surface area contributed by atoms with Gasteiger partial charge < -0.3 is 9.84 Å². The van der Waals surface area contributed by atoms with Crippen molar-refractivity contribution in [1.29, 1.82) is 0 Å². The van der Waals surface area contributed by atoms with Crippen LogP contribution in [0, 0.1) is 0 Å². The Hall–Kier alpha value is 0.0700. The molecule has 0 saturated heterocycles. The Bertz CT molecular complexity index is 402. The molecule has 0 aliphatic rings. The molecule has 0 spiro atoms. The van der Waals surface area contributed by atoms with Gasteiger partial charge in [-0.3, -0.25) is 0 Å². The van der Waals surface area contributed by atoms with Crippen LogP contribution in [0.1, 0.15) is 38.2 Å². The van der Waals surface area contributed by atoms with Crippen molar-refractivity contribution in [3.05, 3.63) is 33.8 Å². The maximum absolute atomic E-state index is 9.84. The van der Waals surface area contributed by atoms with Gasteiger partial charge in [-0.15, -0.1) is 0 Å². The summed E-state index contributed by atoms with van der Waals surface area (Å²) in [6.45, 7) is 3.34. The summed E-state index contributed by atoms with van der Waals surface area (Å²) in [4.78, 5) is 0. The molecule has 0 saturated carbocycles. The van der Waals surface area contributed by atoms with Crippen LogP contribution >= 0.6 is 35.0 Å². The van der Waals surface area contributed by atoms with Crippen molar-refractivity contribution >= 4 is 35.0 Å². The van der Waals surface area contributed by atoms with Crippen molar-refractivity contribution in [1.82, 2.24) is 0 Å². The van der Waals surface area contributed by atoms with Crippen molar-refractivity contribution in [2.24, 2.45) is 0 Å². The Balaban J connectivity index is 2.09. The third-order valence-corrected chi connectivity index (χ3v) is 4.76. The zero-order valence-electron chi connectivity index (χ0n) is 12.5. The van der Waals surface area contributed by atoms with E-state index in [1.807, 2.05) is 12.1 Å². The van der Waals surface area contributed by atoms with Gasteiger partial charge >= 0.3 is 0 Å². The second-order valence-electron chi connectivity index (χ2n) is 5.04. The number of ether oxygens (including phenoxy) is 1. The number of thioether (sulfide) groups is 1. The number of benzene rings is 1. The predicted octanol–water partition coefficient (Wildman–Crippen LogP) is 5.18. The van der Waals surface area contributed by atoms with E-state index >= 15 is 0 Å². The van der Waals surface area contributed by atoms with Crippen LogP contribution in [0.3, 0.4) is 0 Å². The van der Waals surface area contributed by atoms with E-state index < -0.39 is 6.10 Å². The van der Waals surface area contributed by atoms with E-state index in [9.17, 15) is 5.11 Å². The number of hydrogen-bond acceptors (Lipinski definition) is 3. The summed E-state index contributed by atoms with van der Waals surface area (Å²) in [6, 6.07) is 5.50. The molecule has 0 aliphatic carbocycles. The molecule has 1 aromatic rings. The summed E-state index contributed by atoms with van der Waals surface area (Å²) in [5.74, 6) is 1.41. The molecule has 0 fully saturated rings. The molecule has 1 rings (SSSR count). The van der Waals surface area contributed by atoms with Gasteiger partial charge in [-0.25, -0.2) is 0 Å². The number of aliphatic hydroxyl groups excluding tert-OH is 1. The van der Waals surface area contributed by atoms with Crippen LogP contribution in [0.25, 0.3) is 0 Å². The fourth-order valence-corrected chi connectivity index (χ4v) is 3.35. The van der Waals surface area contributed by atoms with Gasteiger partial charge in [0, 0.05) is 28.2 Å². The molecule has 0 amide bonds. The first-order valence-corrected chi connectivity index (χ1v) is 9.32. The quantitative estimate of drug-likeness (QED) is 0.557. The number of rotatable bonds is 11. The Labute approximate surface area is 142 Å². The van der Waals surface area contributed by atoms with E-state index in [0.29, 0.717) is 22.4 Å². The van der Waals surface area contributed by atoms with Gasteiger partial charge in [0.25, 0.3) is 0 Å². The van der Waals surface area contributed by atoms with Crippen molar-refractivity contribution in [2.45, 2.75) is 44.5 Å². The highest BCUT2D eigenvalue weighted by molar-refractivity contribution is 7.98. The first-order valence-electron chi connectivity index (χ1n) is 7.41. The lowest BCUT2D eigenvalue weighted by Gasteiger charge is -2.11. The SMILES string of the molecule is CCCCCCOCC(O)CSCc1ccc(Cl)cc1Cl. The zero-order chi connectivity index (χ0) is 15.5. The molecule has 2 nitrogen and oxygen atoms in total. The summed E-state index contributed by atoms with van der Waals surface area (Å²) in [6.07, 6.45) is 4.34. The summed E-state index contributed by atoms with van der Waals surface area (Å²) >= 11 is 13.6. The van der Waals surface area contributed by atoms with E-state index in [1.54, 1.807) is 17.8 Å². The smallest absolute Gasteiger partial charge is 0.0863 e. The van der Waals surface area contributed by atoms with E-state index in [-0.39, 0.29) is 0 Å². The van der Waals surface area contributed by atoms with Gasteiger partial charge in [-0.05, 0) is 24.1 Å². The van der Waals surface area contributed by atoms with Gasteiger partial charge in [0.2, 0.25) is 0 Å². The van der Waals surface area contributed by atoms with Gasteiger partial charge in [-0.1, -0.05) is 55.5 Å². The molecule has 0 radical (unpaired) electrons. The summed E-state index contributed by atoms with van der Waals surface area (Å²) in [7, 11) is 0. The molecule has 1 unspecified atom stereocenters. The molecule has 0 aromatic heterocycles. The Kier molecular flexibility index (Phi) is 10.6. The number of unbranched alkanes of at least 4 members (excludes halogenated alkanes) is 3. The summed E-state index contributed by atoms with van der Waals surface area (Å²) in [5, 5.41) is 11.2. The maximum atomic E-state index is 9.84. The molecule has 5 heteroatoms. The van der Waals surface area contributed by atoms with Crippen molar-refractivity contribution in [3.63, 3.8) is 0 Å². The molecule has 1 aromatic carbocycles. The number of aliphatic hydroxyl groups is 1. The fourth-order valence-electron chi connectivity index (χ4n) is 1.84. The van der Waals surface area contributed by atoms with Gasteiger partial charge in [0.1, 0.15) is 0 Å². The Morgan fingerprint density at radius 2 is 2.05 bits per heavy atom. The monoisotopic (exact) mass is 350 g/mol. The van der Waals surface area contributed by atoms with Crippen LogP contribution in [0.5, 0.6) is 0 Å². The highest BCUT2D eigenvalue weighted by Gasteiger charge is 2.06. The topological polar surface area (TPSA) is 29.5 Å². The normalized spacial score (nSPS) is 12.6. The highest BCUT2D eigenvalue weighted by atomic mass is 35.5. The molecule has 0 heterocycles. The standard InChI is InChI=1S/C16H24Cl2O2S/c1-2-3-4-5-8-20-10-15(19)12-21-11-13-6-7-14(17)9-16(13)18/h6-7,9,15,19H,2-5,8,10-12H2,1H3. The minimum absolute atomic E-state index is 0.410. The van der Waals surface area contributed by atoms with E-state index in [4.69, 9.17) is 27.9 Å². The molecule has 1 atom stereocenters. The first kappa shape index (κ1) is 19.1. The van der Waals surface area contributed by atoms with Gasteiger partial charge in [-0.2, -0.15) is 11.8 Å². The van der Waals surface area contributed by atoms with Crippen LogP contribution in [-0.4, -0.2) is 30.2 Å². The molecule has 0 bridgehead atoms. The second-order valence-corrected chi connectivity index (χ2v) is 6.91. The van der Waals surface area contributed by atoms with Crippen molar-refractivity contribution in [3.8, 4) is 0 Å². The summed E-state index contributed by atoms with van der Waals surface area (Å²) in [5.41, 5.74) is 1.04. The lowest BCUT2D eigenvalue weighted by molar-refractivity contribution is 0.0468. The minimum Gasteiger partial charge on any atom is -0.390 e. The van der Waals surface area contributed by atoms with Crippen molar-refractivity contribution in [2.75, 3.05) is 19.0 Å². The van der Waals surface area contributed by atoms with Crippen LogP contribution in [0.2, 0.25) is 10.0 Å². The fraction of sp³-hybridized carbons (Fsp3) is 0.625. The average molecular weight is 351 g/mol. The van der Waals surface area contributed by atoms with Crippen LogP contribution in [-0.2, 0) is 10.5 Å². The van der Waals surface area contributed by atoms with Crippen LogP contribution < -0.4 is 0 Å². The largest absolute Gasteiger partial charge is 0.390 e.